The number of sulfonamides is 1. The molecule has 152 valence electrons. The van der Waals surface area contributed by atoms with E-state index in [9.17, 15) is 13.2 Å². The van der Waals surface area contributed by atoms with Gasteiger partial charge in [-0.05, 0) is 44.0 Å². The standard InChI is InChI=1S/C21H23N3O3S2/c1-16-6-8-18(9-7-16)29(26,27)24-13-10-17(11-14-24)23-21(25)19-4-2-3-5-20(19)28-15-12-22/h2-9,17H,10-11,13-15H2,1H3,(H,23,25). The Morgan fingerprint density at radius 3 is 2.48 bits per heavy atom. The molecule has 1 saturated heterocycles. The van der Waals surface area contributed by atoms with Gasteiger partial charge in [-0.1, -0.05) is 29.8 Å². The maximum atomic E-state index is 12.8. The number of aryl methyl sites for hydroxylation is 1. The Labute approximate surface area is 176 Å². The molecule has 29 heavy (non-hydrogen) atoms. The quantitative estimate of drug-likeness (QED) is 0.712. The first-order chi connectivity index (χ1) is 13.9. The van der Waals surface area contributed by atoms with Crippen LogP contribution in [0.5, 0.6) is 0 Å². The number of hydrogen-bond acceptors (Lipinski definition) is 5. The zero-order valence-electron chi connectivity index (χ0n) is 16.2. The summed E-state index contributed by atoms with van der Waals surface area (Å²) in [5.41, 5.74) is 1.56. The lowest BCUT2D eigenvalue weighted by Gasteiger charge is -2.31. The Hall–Kier alpha value is -2.34. The summed E-state index contributed by atoms with van der Waals surface area (Å²) in [6, 6.07) is 16.0. The summed E-state index contributed by atoms with van der Waals surface area (Å²) >= 11 is 1.33. The molecule has 8 heteroatoms. The maximum Gasteiger partial charge on any atom is 0.252 e. The smallest absolute Gasteiger partial charge is 0.252 e. The summed E-state index contributed by atoms with van der Waals surface area (Å²) in [7, 11) is -3.51. The lowest BCUT2D eigenvalue weighted by Crippen LogP contribution is -2.46. The highest BCUT2D eigenvalue weighted by molar-refractivity contribution is 7.99. The minimum Gasteiger partial charge on any atom is -0.349 e. The number of nitrogens with zero attached hydrogens (tertiary/aromatic N) is 2. The monoisotopic (exact) mass is 429 g/mol. The van der Waals surface area contributed by atoms with E-state index in [2.05, 4.69) is 11.4 Å². The number of rotatable bonds is 6. The molecule has 1 aliphatic heterocycles. The molecule has 2 aromatic carbocycles. The molecule has 0 unspecified atom stereocenters. The van der Waals surface area contributed by atoms with Gasteiger partial charge in [-0.2, -0.15) is 9.57 Å². The van der Waals surface area contributed by atoms with E-state index in [1.807, 2.05) is 19.1 Å². The number of thioether (sulfide) groups is 1. The van der Waals surface area contributed by atoms with Gasteiger partial charge in [-0.3, -0.25) is 4.79 Å². The zero-order valence-corrected chi connectivity index (χ0v) is 17.8. The summed E-state index contributed by atoms with van der Waals surface area (Å²) in [6.07, 6.45) is 1.12. The topological polar surface area (TPSA) is 90.3 Å². The predicted molar refractivity (Wildman–Crippen MR) is 113 cm³/mol. The Morgan fingerprint density at radius 2 is 1.83 bits per heavy atom. The molecule has 1 aliphatic rings. The van der Waals surface area contributed by atoms with Crippen molar-refractivity contribution in [1.82, 2.24) is 9.62 Å². The van der Waals surface area contributed by atoms with E-state index < -0.39 is 10.0 Å². The van der Waals surface area contributed by atoms with Crippen LogP contribution in [-0.2, 0) is 10.0 Å². The van der Waals surface area contributed by atoms with Crippen LogP contribution in [0.2, 0.25) is 0 Å². The van der Waals surface area contributed by atoms with Crippen molar-refractivity contribution < 1.29 is 13.2 Å². The molecule has 0 saturated carbocycles. The van der Waals surface area contributed by atoms with Crippen LogP contribution in [-0.4, -0.2) is 43.5 Å². The minimum absolute atomic E-state index is 0.0824. The van der Waals surface area contributed by atoms with Crippen LogP contribution in [0.3, 0.4) is 0 Å². The van der Waals surface area contributed by atoms with Crippen molar-refractivity contribution in [3.63, 3.8) is 0 Å². The highest BCUT2D eigenvalue weighted by atomic mass is 32.2. The second kappa shape index (κ2) is 9.44. The summed E-state index contributed by atoms with van der Waals surface area (Å²) in [5, 5.41) is 11.8. The second-order valence-electron chi connectivity index (χ2n) is 6.91. The Balaban J connectivity index is 1.61. The Morgan fingerprint density at radius 1 is 1.17 bits per heavy atom. The first-order valence-electron chi connectivity index (χ1n) is 9.38. The average Bonchev–Trinajstić information content (AvgIpc) is 2.73. The van der Waals surface area contributed by atoms with E-state index >= 15 is 0 Å². The minimum atomic E-state index is -3.51. The molecule has 0 aliphatic carbocycles. The molecule has 0 spiro atoms. The van der Waals surface area contributed by atoms with Gasteiger partial charge in [-0.15, -0.1) is 11.8 Å². The Kier molecular flexibility index (Phi) is 6.96. The molecule has 0 aromatic heterocycles. The van der Waals surface area contributed by atoms with Crippen molar-refractivity contribution in [2.24, 2.45) is 0 Å². The molecular weight excluding hydrogens is 406 g/mol. The Bertz CT molecular complexity index is 1010. The first-order valence-corrected chi connectivity index (χ1v) is 11.8. The molecule has 1 heterocycles. The number of piperidine rings is 1. The number of amides is 1. The average molecular weight is 430 g/mol. The molecule has 2 aromatic rings. The summed E-state index contributed by atoms with van der Waals surface area (Å²) in [4.78, 5) is 13.8. The van der Waals surface area contributed by atoms with Gasteiger partial charge in [0.1, 0.15) is 0 Å². The van der Waals surface area contributed by atoms with Crippen LogP contribution in [0.1, 0.15) is 28.8 Å². The van der Waals surface area contributed by atoms with Crippen molar-refractivity contribution >= 4 is 27.7 Å². The van der Waals surface area contributed by atoms with Crippen LogP contribution < -0.4 is 5.32 Å². The van der Waals surface area contributed by atoms with Crippen LogP contribution in [0.15, 0.2) is 58.3 Å². The van der Waals surface area contributed by atoms with Gasteiger partial charge in [0.2, 0.25) is 10.0 Å². The van der Waals surface area contributed by atoms with E-state index in [1.165, 1.54) is 16.1 Å². The molecular formula is C21H23N3O3S2. The van der Waals surface area contributed by atoms with Crippen LogP contribution >= 0.6 is 11.8 Å². The predicted octanol–water partition coefficient (Wildman–Crippen LogP) is 3.19. The van der Waals surface area contributed by atoms with E-state index in [1.54, 1.807) is 36.4 Å². The molecule has 0 atom stereocenters. The van der Waals surface area contributed by atoms with E-state index in [0.717, 1.165) is 10.5 Å². The third kappa shape index (κ3) is 5.18. The number of benzene rings is 2. The van der Waals surface area contributed by atoms with E-state index in [-0.39, 0.29) is 17.7 Å². The second-order valence-corrected chi connectivity index (χ2v) is 9.86. The highest BCUT2D eigenvalue weighted by Crippen LogP contribution is 2.24. The fourth-order valence-corrected chi connectivity index (χ4v) is 5.43. The van der Waals surface area contributed by atoms with Crippen molar-refractivity contribution in [2.75, 3.05) is 18.8 Å². The van der Waals surface area contributed by atoms with Crippen molar-refractivity contribution in [2.45, 2.75) is 35.6 Å². The van der Waals surface area contributed by atoms with Crippen molar-refractivity contribution in [1.29, 1.82) is 5.26 Å². The largest absolute Gasteiger partial charge is 0.349 e. The highest BCUT2D eigenvalue weighted by Gasteiger charge is 2.30. The molecule has 0 bridgehead atoms. The molecule has 1 amide bonds. The molecule has 3 rings (SSSR count). The normalized spacial score (nSPS) is 15.6. The summed E-state index contributed by atoms with van der Waals surface area (Å²) in [5.74, 6) is 0.0883. The SMILES string of the molecule is Cc1ccc(S(=O)(=O)N2CCC(NC(=O)c3ccccc3SCC#N)CC2)cc1. The van der Waals surface area contributed by atoms with Crippen molar-refractivity contribution in [3.8, 4) is 6.07 Å². The van der Waals surface area contributed by atoms with Crippen molar-refractivity contribution in [3.05, 3.63) is 59.7 Å². The molecule has 1 fully saturated rings. The van der Waals surface area contributed by atoms with Crippen LogP contribution in [0.4, 0.5) is 0 Å². The van der Waals surface area contributed by atoms with Crippen LogP contribution in [0, 0.1) is 18.3 Å². The molecule has 6 nitrogen and oxygen atoms in total. The van der Waals surface area contributed by atoms with Gasteiger partial charge >= 0.3 is 0 Å². The van der Waals surface area contributed by atoms with Gasteiger partial charge in [0, 0.05) is 24.0 Å². The zero-order chi connectivity index (χ0) is 20.9. The third-order valence-corrected chi connectivity index (χ3v) is 7.73. The fraction of sp³-hybridized carbons (Fsp3) is 0.333. The fourth-order valence-electron chi connectivity index (χ4n) is 3.25. The van der Waals surface area contributed by atoms with Gasteiger partial charge in [-0.25, -0.2) is 8.42 Å². The van der Waals surface area contributed by atoms with Gasteiger partial charge in [0.05, 0.1) is 22.3 Å². The number of carbonyl (C=O) groups excluding carboxylic acids is 1. The molecule has 1 N–H and O–H groups in total. The van der Waals surface area contributed by atoms with Gasteiger partial charge in [0.25, 0.3) is 5.91 Å². The number of hydrogen-bond donors (Lipinski definition) is 1. The third-order valence-electron chi connectivity index (χ3n) is 4.87. The number of nitrogens with one attached hydrogen (secondary N) is 1. The molecule has 0 radical (unpaired) electrons. The first kappa shape index (κ1) is 21.4. The summed E-state index contributed by atoms with van der Waals surface area (Å²) in [6.45, 7) is 2.65. The van der Waals surface area contributed by atoms with Crippen LogP contribution in [0.25, 0.3) is 0 Å². The number of nitriles is 1. The maximum absolute atomic E-state index is 12.8. The van der Waals surface area contributed by atoms with E-state index in [4.69, 9.17) is 5.26 Å². The van der Waals surface area contributed by atoms with E-state index in [0.29, 0.717) is 36.4 Å². The van der Waals surface area contributed by atoms with Gasteiger partial charge in [0.15, 0.2) is 0 Å². The van der Waals surface area contributed by atoms with Gasteiger partial charge < -0.3 is 5.32 Å². The summed E-state index contributed by atoms with van der Waals surface area (Å²) < 4.78 is 27.1. The lowest BCUT2D eigenvalue weighted by atomic mass is 10.1. The lowest BCUT2D eigenvalue weighted by molar-refractivity contribution is 0.0921. The number of carbonyl (C=O) groups is 1.